The summed E-state index contributed by atoms with van der Waals surface area (Å²) in [6, 6.07) is 7.44. The Labute approximate surface area is 145 Å². The second-order valence-corrected chi connectivity index (χ2v) is 6.74. The van der Waals surface area contributed by atoms with Gasteiger partial charge in [0.2, 0.25) is 16.9 Å². The lowest BCUT2D eigenvalue weighted by molar-refractivity contribution is -0.114. The van der Waals surface area contributed by atoms with Gasteiger partial charge in [-0.15, -0.1) is 20.4 Å². The predicted octanol–water partition coefficient (Wildman–Crippen LogP) is 2.85. The lowest BCUT2D eigenvalue weighted by Crippen LogP contribution is -2.04. The summed E-state index contributed by atoms with van der Waals surface area (Å²) in [4.78, 5) is 11.0. The summed E-state index contributed by atoms with van der Waals surface area (Å²) >= 11 is 2.69. The molecule has 3 rings (SSSR count). The first-order chi connectivity index (χ1) is 11.7. The largest absolute Gasteiger partial charge is 0.496 e. The molecule has 3 aromatic rings. The second kappa shape index (κ2) is 7.41. The fourth-order valence-corrected chi connectivity index (χ4v) is 3.47. The Morgan fingerprint density at radius 3 is 2.92 bits per heavy atom. The Balaban J connectivity index is 1.66. The maximum Gasteiger partial charge on any atom is 0.251 e. The SMILES string of the molecule is COc1ccccc1-c1nnc(CSc2nnc(NC(C)=O)s2)o1. The van der Waals surface area contributed by atoms with E-state index in [2.05, 4.69) is 25.7 Å². The Hall–Kier alpha value is -2.46. The highest BCUT2D eigenvalue weighted by molar-refractivity contribution is 8.00. The average molecular weight is 363 g/mol. The van der Waals surface area contributed by atoms with Gasteiger partial charge in [-0.05, 0) is 12.1 Å². The molecule has 0 saturated carbocycles. The number of para-hydroxylation sites is 1. The van der Waals surface area contributed by atoms with Crippen LogP contribution >= 0.6 is 23.1 Å². The van der Waals surface area contributed by atoms with Crippen LogP contribution in [0.4, 0.5) is 5.13 Å². The van der Waals surface area contributed by atoms with E-state index < -0.39 is 0 Å². The van der Waals surface area contributed by atoms with Crippen LogP contribution in [0.3, 0.4) is 0 Å². The summed E-state index contributed by atoms with van der Waals surface area (Å²) in [5.74, 6) is 1.82. The monoisotopic (exact) mass is 363 g/mol. The molecule has 0 atom stereocenters. The molecule has 24 heavy (non-hydrogen) atoms. The van der Waals surface area contributed by atoms with Crippen molar-refractivity contribution >= 4 is 34.1 Å². The van der Waals surface area contributed by atoms with E-state index in [0.29, 0.717) is 32.8 Å². The number of hydrogen-bond donors (Lipinski definition) is 1. The lowest BCUT2D eigenvalue weighted by atomic mass is 10.2. The summed E-state index contributed by atoms with van der Waals surface area (Å²) in [7, 11) is 1.59. The van der Waals surface area contributed by atoms with Crippen molar-refractivity contribution in [3.8, 4) is 17.2 Å². The van der Waals surface area contributed by atoms with Crippen LogP contribution in [0.1, 0.15) is 12.8 Å². The van der Waals surface area contributed by atoms with E-state index >= 15 is 0 Å². The van der Waals surface area contributed by atoms with Gasteiger partial charge in [0.25, 0.3) is 5.89 Å². The molecule has 0 spiro atoms. The summed E-state index contributed by atoms with van der Waals surface area (Å²) < 4.78 is 11.7. The number of thioether (sulfide) groups is 1. The van der Waals surface area contributed by atoms with Crippen LogP contribution < -0.4 is 10.1 Å². The molecule has 0 fully saturated rings. The van der Waals surface area contributed by atoms with E-state index in [1.807, 2.05) is 24.3 Å². The third kappa shape index (κ3) is 3.89. The number of rotatable bonds is 6. The molecule has 8 nitrogen and oxygen atoms in total. The lowest BCUT2D eigenvalue weighted by Gasteiger charge is -2.03. The Morgan fingerprint density at radius 1 is 1.29 bits per heavy atom. The van der Waals surface area contributed by atoms with Gasteiger partial charge in [0.05, 0.1) is 18.4 Å². The number of anilines is 1. The van der Waals surface area contributed by atoms with Crippen LogP contribution in [0, 0.1) is 0 Å². The Morgan fingerprint density at radius 2 is 2.12 bits per heavy atom. The van der Waals surface area contributed by atoms with Gasteiger partial charge in [0.15, 0.2) is 4.34 Å². The number of amides is 1. The van der Waals surface area contributed by atoms with E-state index in [1.54, 1.807) is 7.11 Å². The molecule has 2 heterocycles. The molecule has 0 bridgehead atoms. The molecule has 1 N–H and O–H groups in total. The van der Waals surface area contributed by atoms with Crippen LogP contribution in [-0.2, 0) is 10.5 Å². The van der Waals surface area contributed by atoms with Gasteiger partial charge in [-0.2, -0.15) is 0 Å². The zero-order chi connectivity index (χ0) is 16.9. The number of nitrogens with zero attached hydrogens (tertiary/aromatic N) is 4. The molecular weight excluding hydrogens is 350 g/mol. The van der Waals surface area contributed by atoms with E-state index in [9.17, 15) is 4.79 Å². The van der Waals surface area contributed by atoms with Crippen LogP contribution in [0.2, 0.25) is 0 Å². The molecule has 1 amide bonds. The van der Waals surface area contributed by atoms with Crippen molar-refractivity contribution in [1.82, 2.24) is 20.4 Å². The van der Waals surface area contributed by atoms with Gasteiger partial charge in [-0.25, -0.2) is 0 Å². The first kappa shape index (κ1) is 16.4. The first-order valence-electron chi connectivity index (χ1n) is 6.85. The molecule has 0 aliphatic heterocycles. The van der Waals surface area contributed by atoms with Gasteiger partial charge in [-0.3, -0.25) is 4.79 Å². The fourth-order valence-electron chi connectivity index (χ4n) is 1.83. The van der Waals surface area contributed by atoms with Crippen molar-refractivity contribution in [2.45, 2.75) is 17.0 Å². The second-order valence-electron chi connectivity index (χ2n) is 4.54. The smallest absolute Gasteiger partial charge is 0.251 e. The normalized spacial score (nSPS) is 10.6. The van der Waals surface area contributed by atoms with Crippen molar-refractivity contribution in [2.24, 2.45) is 0 Å². The summed E-state index contributed by atoms with van der Waals surface area (Å²) in [6.07, 6.45) is 0. The average Bonchev–Trinajstić information content (AvgIpc) is 3.21. The third-order valence-corrected chi connectivity index (χ3v) is 4.77. The minimum Gasteiger partial charge on any atom is -0.496 e. The number of nitrogens with one attached hydrogen (secondary N) is 1. The van der Waals surface area contributed by atoms with Crippen LogP contribution in [0.5, 0.6) is 5.75 Å². The van der Waals surface area contributed by atoms with Crippen molar-refractivity contribution in [3.05, 3.63) is 30.2 Å². The van der Waals surface area contributed by atoms with Gasteiger partial charge in [-0.1, -0.05) is 35.2 Å². The topological polar surface area (TPSA) is 103 Å². The quantitative estimate of drug-likeness (QED) is 0.527. The molecule has 0 radical (unpaired) electrons. The van der Waals surface area contributed by atoms with Gasteiger partial charge < -0.3 is 14.5 Å². The number of carbonyl (C=O) groups is 1. The number of benzene rings is 1. The number of aromatic nitrogens is 4. The van der Waals surface area contributed by atoms with Crippen LogP contribution in [-0.4, -0.2) is 33.4 Å². The maximum atomic E-state index is 11.0. The molecular formula is C14H13N5O3S2. The Bertz CT molecular complexity index is 848. The molecule has 2 aromatic heterocycles. The number of hydrogen-bond acceptors (Lipinski definition) is 9. The van der Waals surface area contributed by atoms with Crippen LogP contribution in [0.15, 0.2) is 33.0 Å². The fraction of sp³-hybridized carbons (Fsp3) is 0.214. The van der Waals surface area contributed by atoms with Crippen molar-refractivity contribution < 1.29 is 13.9 Å². The zero-order valence-electron chi connectivity index (χ0n) is 12.8. The number of carbonyl (C=O) groups excluding carboxylic acids is 1. The number of ether oxygens (including phenoxy) is 1. The standard InChI is InChI=1S/C14H13N5O3S2/c1-8(20)15-13-18-19-14(24-13)23-7-11-16-17-12(22-11)9-5-3-4-6-10(9)21-2/h3-6H,7H2,1-2H3,(H,15,18,20). The molecule has 0 unspecified atom stereocenters. The number of methoxy groups -OCH3 is 1. The summed E-state index contributed by atoms with van der Waals surface area (Å²) in [5.41, 5.74) is 0.743. The molecule has 0 saturated heterocycles. The van der Waals surface area contributed by atoms with E-state index in [1.165, 1.54) is 30.0 Å². The van der Waals surface area contributed by atoms with Crippen LogP contribution in [0.25, 0.3) is 11.5 Å². The van der Waals surface area contributed by atoms with Gasteiger partial charge in [0, 0.05) is 6.92 Å². The summed E-state index contributed by atoms with van der Waals surface area (Å²) in [5, 5.41) is 19.0. The minimum absolute atomic E-state index is 0.180. The van der Waals surface area contributed by atoms with E-state index in [-0.39, 0.29) is 5.91 Å². The third-order valence-electron chi connectivity index (χ3n) is 2.81. The molecule has 1 aromatic carbocycles. The van der Waals surface area contributed by atoms with Crippen molar-refractivity contribution in [3.63, 3.8) is 0 Å². The summed E-state index contributed by atoms with van der Waals surface area (Å²) in [6.45, 7) is 1.42. The minimum atomic E-state index is -0.180. The highest BCUT2D eigenvalue weighted by atomic mass is 32.2. The Kier molecular flexibility index (Phi) is 5.06. The molecule has 0 aliphatic carbocycles. The van der Waals surface area contributed by atoms with E-state index in [0.717, 1.165) is 5.56 Å². The first-order valence-corrected chi connectivity index (χ1v) is 8.65. The molecule has 0 aliphatic rings. The molecule has 124 valence electrons. The highest BCUT2D eigenvalue weighted by Crippen LogP contribution is 2.31. The van der Waals surface area contributed by atoms with Gasteiger partial charge in [0.1, 0.15) is 5.75 Å². The van der Waals surface area contributed by atoms with E-state index in [4.69, 9.17) is 9.15 Å². The maximum absolute atomic E-state index is 11.0. The highest BCUT2D eigenvalue weighted by Gasteiger charge is 2.14. The zero-order valence-corrected chi connectivity index (χ0v) is 14.5. The van der Waals surface area contributed by atoms with Gasteiger partial charge >= 0.3 is 0 Å². The van der Waals surface area contributed by atoms with Crippen molar-refractivity contribution in [1.29, 1.82) is 0 Å². The predicted molar refractivity (Wildman–Crippen MR) is 90.1 cm³/mol. The van der Waals surface area contributed by atoms with Crippen molar-refractivity contribution in [2.75, 3.05) is 12.4 Å². The molecule has 10 heteroatoms.